The molecule has 1 aliphatic rings. The highest BCUT2D eigenvalue weighted by Gasteiger charge is 2.42. The van der Waals surface area contributed by atoms with Gasteiger partial charge < -0.3 is 20.5 Å². The molecule has 0 saturated heterocycles. The van der Waals surface area contributed by atoms with Crippen molar-refractivity contribution in [3.63, 3.8) is 0 Å². The lowest BCUT2D eigenvalue weighted by Gasteiger charge is -2.28. The molecule has 1 aromatic rings. The van der Waals surface area contributed by atoms with Gasteiger partial charge in [-0.1, -0.05) is 6.07 Å². The van der Waals surface area contributed by atoms with Gasteiger partial charge in [-0.25, -0.2) is 4.79 Å². The predicted octanol–water partition coefficient (Wildman–Crippen LogP) is 2.68. The maximum absolute atomic E-state index is 12.1. The molecular weight excluding hydrogens is 268 g/mol. The molecule has 0 aromatic heterocycles. The van der Waals surface area contributed by atoms with Crippen LogP contribution < -0.4 is 15.4 Å². The van der Waals surface area contributed by atoms with Crippen LogP contribution in [-0.4, -0.2) is 29.9 Å². The highest BCUT2D eigenvalue weighted by atomic mass is 16.5. The Bertz CT molecular complexity index is 514. The minimum absolute atomic E-state index is 0.0524. The molecule has 0 radical (unpaired) electrons. The Morgan fingerprint density at radius 1 is 1.48 bits per heavy atom. The van der Waals surface area contributed by atoms with Crippen molar-refractivity contribution < 1.29 is 14.6 Å². The average molecular weight is 292 g/mol. The molecule has 0 unspecified atom stereocenters. The summed E-state index contributed by atoms with van der Waals surface area (Å²) in [5.74, 6) is 1.13. The van der Waals surface area contributed by atoms with E-state index in [4.69, 9.17) is 4.74 Å². The summed E-state index contributed by atoms with van der Waals surface area (Å²) in [4.78, 5) is 12.1. The Morgan fingerprint density at radius 2 is 2.19 bits per heavy atom. The average Bonchev–Trinajstić information content (AvgIpc) is 3.27. The van der Waals surface area contributed by atoms with Crippen molar-refractivity contribution >= 4 is 11.7 Å². The molecule has 3 N–H and O–H groups in total. The molecule has 5 nitrogen and oxygen atoms in total. The number of hydrogen-bond donors (Lipinski definition) is 3. The summed E-state index contributed by atoms with van der Waals surface area (Å²) in [6, 6.07) is 5.26. The van der Waals surface area contributed by atoms with Crippen molar-refractivity contribution in [1.29, 1.82) is 0 Å². The van der Waals surface area contributed by atoms with Crippen LogP contribution in [0.3, 0.4) is 0 Å². The van der Waals surface area contributed by atoms with Crippen molar-refractivity contribution in [3.05, 3.63) is 23.8 Å². The summed E-state index contributed by atoms with van der Waals surface area (Å²) in [6.45, 7) is 6.30. The summed E-state index contributed by atoms with van der Waals surface area (Å²) in [5, 5.41) is 15.2. The van der Waals surface area contributed by atoms with Crippen LogP contribution in [0, 0.1) is 12.8 Å². The Morgan fingerprint density at radius 3 is 2.76 bits per heavy atom. The number of carbonyl (C=O) groups excluding carboxylic acids is 1. The number of aliphatic hydroxyl groups excluding tert-OH is 1. The minimum Gasteiger partial charge on any atom is -0.494 e. The normalized spacial score (nSPS) is 17.0. The number of carbonyl (C=O) groups is 1. The van der Waals surface area contributed by atoms with E-state index < -0.39 is 5.54 Å². The second-order valence-electron chi connectivity index (χ2n) is 5.84. The first-order valence-corrected chi connectivity index (χ1v) is 7.42. The van der Waals surface area contributed by atoms with Crippen molar-refractivity contribution in [3.8, 4) is 5.75 Å². The van der Waals surface area contributed by atoms with Gasteiger partial charge in [0.1, 0.15) is 5.75 Å². The summed E-state index contributed by atoms with van der Waals surface area (Å²) in [6.07, 6.45) is 2.10. The maximum atomic E-state index is 12.1. The summed E-state index contributed by atoms with van der Waals surface area (Å²) in [5.41, 5.74) is 1.16. The minimum atomic E-state index is -0.544. The number of urea groups is 1. The lowest BCUT2D eigenvalue weighted by Crippen LogP contribution is -2.52. The Hall–Kier alpha value is -1.75. The Kier molecular flexibility index (Phi) is 4.73. The number of ether oxygens (including phenoxy) is 1. The number of hydrogen-bond acceptors (Lipinski definition) is 3. The van der Waals surface area contributed by atoms with E-state index in [1.54, 1.807) is 0 Å². The van der Waals surface area contributed by atoms with E-state index in [9.17, 15) is 9.90 Å². The first-order valence-electron chi connectivity index (χ1n) is 7.42. The number of aliphatic hydroxyl groups is 1. The summed E-state index contributed by atoms with van der Waals surface area (Å²) in [7, 11) is 0. The van der Waals surface area contributed by atoms with Crippen molar-refractivity contribution in [1.82, 2.24) is 5.32 Å². The maximum Gasteiger partial charge on any atom is 0.319 e. The van der Waals surface area contributed by atoms with Crippen LogP contribution in [0.1, 0.15) is 32.3 Å². The van der Waals surface area contributed by atoms with E-state index in [1.165, 1.54) is 0 Å². The molecule has 1 atom stereocenters. The molecule has 1 aromatic carbocycles. The van der Waals surface area contributed by atoms with Crippen LogP contribution >= 0.6 is 0 Å². The van der Waals surface area contributed by atoms with Crippen LogP contribution in [0.4, 0.5) is 10.5 Å². The molecule has 0 spiro atoms. The van der Waals surface area contributed by atoms with E-state index in [-0.39, 0.29) is 12.6 Å². The number of rotatable bonds is 6. The van der Waals surface area contributed by atoms with Crippen LogP contribution in [0.5, 0.6) is 5.75 Å². The van der Waals surface area contributed by atoms with E-state index >= 15 is 0 Å². The number of anilines is 1. The Balaban J connectivity index is 2.00. The standard InChI is InChI=1S/C16H24N2O3/c1-4-21-14-9-13(8-5-11(14)2)17-15(20)18-16(3,10-19)12-6-7-12/h5,8-9,12,19H,4,6-7,10H2,1-3H3,(H2,17,18,20)/t16-/m1/s1. The smallest absolute Gasteiger partial charge is 0.319 e. The van der Waals surface area contributed by atoms with E-state index in [1.807, 2.05) is 39.0 Å². The van der Waals surface area contributed by atoms with Gasteiger partial charge in [-0.3, -0.25) is 0 Å². The molecule has 0 heterocycles. The second-order valence-corrected chi connectivity index (χ2v) is 5.84. The molecule has 0 bridgehead atoms. The third-order valence-electron chi connectivity index (χ3n) is 3.95. The van der Waals surface area contributed by atoms with Gasteiger partial charge in [-0.05, 0) is 51.2 Å². The fraction of sp³-hybridized carbons (Fsp3) is 0.562. The lowest BCUT2D eigenvalue weighted by molar-refractivity contribution is 0.159. The van der Waals surface area contributed by atoms with Crippen molar-refractivity contribution in [2.45, 2.75) is 39.2 Å². The third kappa shape index (κ3) is 3.88. The van der Waals surface area contributed by atoms with E-state index in [0.29, 0.717) is 18.2 Å². The molecule has 2 rings (SSSR count). The molecule has 1 fully saturated rings. The molecule has 21 heavy (non-hydrogen) atoms. The van der Waals surface area contributed by atoms with Gasteiger partial charge in [0.2, 0.25) is 0 Å². The molecule has 1 saturated carbocycles. The van der Waals surface area contributed by atoms with Gasteiger partial charge in [0, 0.05) is 11.8 Å². The zero-order valence-corrected chi connectivity index (χ0v) is 12.9. The number of aryl methyl sites for hydroxylation is 1. The van der Waals surface area contributed by atoms with Gasteiger partial charge in [0.05, 0.1) is 18.8 Å². The zero-order valence-electron chi connectivity index (χ0n) is 12.9. The fourth-order valence-corrected chi connectivity index (χ4v) is 2.40. The van der Waals surface area contributed by atoms with Crippen molar-refractivity contribution in [2.24, 2.45) is 5.92 Å². The second kappa shape index (κ2) is 6.35. The van der Waals surface area contributed by atoms with Gasteiger partial charge in [-0.15, -0.1) is 0 Å². The third-order valence-corrected chi connectivity index (χ3v) is 3.95. The molecule has 5 heteroatoms. The van der Waals surface area contributed by atoms with Crippen LogP contribution in [-0.2, 0) is 0 Å². The molecule has 2 amide bonds. The highest BCUT2D eigenvalue weighted by molar-refractivity contribution is 5.90. The summed E-state index contributed by atoms with van der Waals surface area (Å²) >= 11 is 0. The Labute approximate surface area is 125 Å². The molecule has 0 aliphatic heterocycles. The van der Waals surface area contributed by atoms with Crippen LogP contribution in [0.15, 0.2) is 18.2 Å². The van der Waals surface area contributed by atoms with Crippen LogP contribution in [0.25, 0.3) is 0 Å². The van der Waals surface area contributed by atoms with E-state index in [2.05, 4.69) is 10.6 Å². The summed E-state index contributed by atoms with van der Waals surface area (Å²) < 4.78 is 5.52. The molecule has 116 valence electrons. The number of benzene rings is 1. The quantitative estimate of drug-likeness (QED) is 0.755. The number of amides is 2. The van der Waals surface area contributed by atoms with Gasteiger partial charge in [0.15, 0.2) is 0 Å². The first kappa shape index (κ1) is 15.6. The fourth-order valence-electron chi connectivity index (χ4n) is 2.40. The highest BCUT2D eigenvalue weighted by Crippen LogP contribution is 2.39. The van der Waals surface area contributed by atoms with E-state index in [0.717, 1.165) is 24.2 Å². The van der Waals surface area contributed by atoms with Crippen molar-refractivity contribution in [2.75, 3.05) is 18.5 Å². The topological polar surface area (TPSA) is 70.6 Å². The SMILES string of the molecule is CCOc1cc(NC(=O)N[C@](C)(CO)C2CC2)ccc1C. The lowest BCUT2D eigenvalue weighted by atomic mass is 9.97. The zero-order chi connectivity index (χ0) is 15.5. The van der Waals surface area contributed by atoms with Gasteiger partial charge in [0.25, 0.3) is 0 Å². The van der Waals surface area contributed by atoms with Gasteiger partial charge >= 0.3 is 6.03 Å². The molecular formula is C16H24N2O3. The number of nitrogens with one attached hydrogen (secondary N) is 2. The predicted molar refractivity (Wildman–Crippen MR) is 82.7 cm³/mol. The van der Waals surface area contributed by atoms with Crippen LogP contribution in [0.2, 0.25) is 0 Å². The largest absolute Gasteiger partial charge is 0.494 e. The van der Waals surface area contributed by atoms with Gasteiger partial charge in [-0.2, -0.15) is 0 Å². The first-order chi connectivity index (χ1) is 9.98. The monoisotopic (exact) mass is 292 g/mol. The molecule has 1 aliphatic carbocycles.